The molecule has 0 radical (unpaired) electrons. The third-order valence-corrected chi connectivity index (χ3v) is 2.44. The van der Waals surface area contributed by atoms with E-state index in [1.165, 1.54) is 0 Å². The van der Waals surface area contributed by atoms with E-state index >= 15 is 0 Å². The maximum atomic E-state index is 5.81. The van der Waals surface area contributed by atoms with Crippen molar-refractivity contribution in [3.63, 3.8) is 0 Å². The van der Waals surface area contributed by atoms with Gasteiger partial charge in [-0.1, -0.05) is 19.1 Å². The van der Waals surface area contributed by atoms with Crippen LogP contribution in [0.15, 0.2) is 48.5 Å². The molecule has 0 heterocycles. The highest BCUT2D eigenvalue weighted by Crippen LogP contribution is 2.28. The van der Waals surface area contributed by atoms with Gasteiger partial charge in [0.05, 0.1) is 12.3 Å². The highest BCUT2D eigenvalue weighted by Gasteiger charge is 2.01. The van der Waals surface area contributed by atoms with E-state index in [9.17, 15) is 0 Å². The Kier molecular flexibility index (Phi) is 4.07. The van der Waals surface area contributed by atoms with Crippen LogP contribution < -0.4 is 15.2 Å². The summed E-state index contributed by atoms with van der Waals surface area (Å²) in [6.45, 7) is 2.81. The maximum absolute atomic E-state index is 5.81. The van der Waals surface area contributed by atoms with Crippen LogP contribution in [0.1, 0.15) is 13.3 Å². The van der Waals surface area contributed by atoms with Crippen molar-refractivity contribution in [2.45, 2.75) is 13.3 Å². The zero-order valence-electron chi connectivity index (χ0n) is 10.4. The van der Waals surface area contributed by atoms with Gasteiger partial charge in [0, 0.05) is 0 Å². The van der Waals surface area contributed by atoms with Gasteiger partial charge in [-0.25, -0.2) is 0 Å². The fraction of sp³-hybridized carbons (Fsp3) is 0.200. The summed E-state index contributed by atoms with van der Waals surface area (Å²) in [5.41, 5.74) is 6.44. The molecule has 3 nitrogen and oxygen atoms in total. The van der Waals surface area contributed by atoms with Gasteiger partial charge in [0.1, 0.15) is 17.2 Å². The summed E-state index contributed by atoms with van der Waals surface area (Å²) in [7, 11) is 0. The molecule has 2 N–H and O–H groups in total. The number of anilines is 1. The topological polar surface area (TPSA) is 44.5 Å². The third-order valence-electron chi connectivity index (χ3n) is 2.44. The molecule has 0 spiro atoms. The van der Waals surface area contributed by atoms with Gasteiger partial charge in [-0.3, -0.25) is 0 Å². The molecule has 0 atom stereocenters. The summed E-state index contributed by atoms with van der Waals surface area (Å²) >= 11 is 0. The zero-order valence-corrected chi connectivity index (χ0v) is 10.4. The van der Waals surface area contributed by atoms with Crippen LogP contribution in [0.4, 0.5) is 5.69 Å². The molecule has 0 unspecified atom stereocenters. The average Bonchev–Trinajstić information content (AvgIpc) is 2.41. The van der Waals surface area contributed by atoms with E-state index in [-0.39, 0.29) is 0 Å². The number of para-hydroxylation sites is 2. The Bertz CT molecular complexity index is 494. The lowest BCUT2D eigenvalue weighted by Crippen LogP contribution is -1.95. The van der Waals surface area contributed by atoms with Gasteiger partial charge in [0.25, 0.3) is 0 Å². The first-order chi connectivity index (χ1) is 8.79. The molecule has 0 aliphatic heterocycles. The Morgan fingerprint density at radius 1 is 0.944 bits per heavy atom. The fourth-order valence-electron chi connectivity index (χ4n) is 1.52. The lowest BCUT2D eigenvalue weighted by Gasteiger charge is -2.09. The lowest BCUT2D eigenvalue weighted by atomic mass is 10.3. The molecule has 0 bridgehead atoms. The summed E-state index contributed by atoms with van der Waals surface area (Å²) in [4.78, 5) is 0. The minimum atomic E-state index is 0.629. The van der Waals surface area contributed by atoms with Crippen molar-refractivity contribution in [1.29, 1.82) is 0 Å². The second-order valence-corrected chi connectivity index (χ2v) is 3.96. The molecule has 0 aromatic heterocycles. The van der Waals surface area contributed by atoms with Crippen molar-refractivity contribution < 1.29 is 9.47 Å². The molecule has 0 fully saturated rings. The zero-order chi connectivity index (χ0) is 12.8. The monoisotopic (exact) mass is 243 g/mol. The van der Waals surface area contributed by atoms with Crippen LogP contribution in [-0.4, -0.2) is 6.61 Å². The molecule has 18 heavy (non-hydrogen) atoms. The van der Waals surface area contributed by atoms with Crippen LogP contribution in [0.3, 0.4) is 0 Å². The van der Waals surface area contributed by atoms with Crippen LogP contribution >= 0.6 is 0 Å². The Morgan fingerprint density at radius 2 is 1.61 bits per heavy atom. The van der Waals surface area contributed by atoms with Gasteiger partial charge in [0.15, 0.2) is 0 Å². The molecule has 0 saturated heterocycles. The van der Waals surface area contributed by atoms with Crippen LogP contribution in [0, 0.1) is 0 Å². The minimum Gasteiger partial charge on any atom is -0.494 e. The summed E-state index contributed by atoms with van der Waals surface area (Å²) < 4.78 is 11.2. The Hall–Kier alpha value is -2.16. The van der Waals surface area contributed by atoms with Crippen LogP contribution in [0.2, 0.25) is 0 Å². The molecule has 0 aliphatic rings. The molecule has 0 amide bonds. The predicted octanol–water partition coefficient (Wildman–Crippen LogP) is 3.85. The van der Waals surface area contributed by atoms with Crippen LogP contribution in [0.5, 0.6) is 17.2 Å². The molecular weight excluding hydrogens is 226 g/mol. The largest absolute Gasteiger partial charge is 0.494 e. The van der Waals surface area contributed by atoms with Gasteiger partial charge in [-0.15, -0.1) is 0 Å². The van der Waals surface area contributed by atoms with Gasteiger partial charge in [0.2, 0.25) is 0 Å². The van der Waals surface area contributed by atoms with Crippen molar-refractivity contribution in [2.75, 3.05) is 12.3 Å². The van der Waals surface area contributed by atoms with Gasteiger partial charge in [-0.2, -0.15) is 0 Å². The maximum Gasteiger partial charge on any atom is 0.150 e. The van der Waals surface area contributed by atoms with Gasteiger partial charge in [-0.05, 0) is 42.8 Å². The molecule has 0 saturated carbocycles. The van der Waals surface area contributed by atoms with Gasteiger partial charge < -0.3 is 15.2 Å². The molecule has 2 rings (SSSR count). The standard InChI is InChI=1S/C15H17NO2/c1-2-11-17-12-7-9-13(10-8-12)18-15-6-4-3-5-14(15)16/h3-10H,2,11,16H2,1H3. The quantitative estimate of drug-likeness (QED) is 0.811. The normalized spacial score (nSPS) is 10.1. The number of hydrogen-bond donors (Lipinski definition) is 1. The highest BCUT2D eigenvalue weighted by atomic mass is 16.5. The van der Waals surface area contributed by atoms with E-state index in [4.69, 9.17) is 15.2 Å². The number of nitrogen functional groups attached to an aromatic ring is 1. The summed E-state index contributed by atoms with van der Waals surface area (Å²) in [6, 6.07) is 15.0. The summed E-state index contributed by atoms with van der Waals surface area (Å²) in [5.74, 6) is 2.27. The number of nitrogens with two attached hydrogens (primary N) is 1. The first-order valence-corrected chi connectivity index (χ1v) is 6.05. The first-order valence-electron chi connectivity index (χ1n) is 6.05. The number of rotatable bonds is 5. The minimum absolute atomic E-state index is 0.629. The Balaban J connectivity index is 2.04. The molecule has 3 heteroatoms. The van der Waals surface area contributed by atoms with Gasteiger partial charge >= 0.3 is 0 Å². The van der Waals surface area contributed by atoms with Crippen molar-refractivity contribution in [3.05, 3.63) is 48.5 Å². The van der Waals surface area contributed by atoms with Crippen molar-refractivity contribution in [1.82, 2.24) is 0 Å². The third kappa shape index (κ3) is 3.17. The van der Waals surface area contributed by atoms with E-state index in [0.29, 0.717) is 11.4 Å². The molecule has 2 aromatic carbocycles. The van der Waals surface area contributed by atoms with E-state index in [2.05, 4.69) is 6.92 Å². The lowest BCUT2D eigenvalue weighted by molar-refractivity contribution is 0.317. The predicted molar refractivity (Wildman–Crippen MR) is 73.2 cm³/mol. The fourth-order valence-corrected chi connectivity index (χ4v) is 1.52. The molecular formula is C15H17NO2. The van der Waals surface area contributed by atoms with Crippen LogP contribution in [0.25, 0.3) is 0 Å². The van der Waals surface area contributed by atoms with Crippen molar-refractivity contribution in [3.8, 4) is 17.2 Å². The molecule has 2 aromatic rings. The Labute approximate surface area is 107 Å². The number of hydrogen-bond acceptors (Lipinski definition) is 3. The van der Waals surface area contributed by atoms with E-state index < -0.39 is 0 Å². The second kappa shape index (κ2) is 5.96. The first kappa shape index (κ1) is 12.3. The molecule has 0 aliphatic carbocycles. The average molecular weight is 243 g/mol. The molecule has 94 valence electrons. The van der Waals surface area contributed by atoms with Crippen molar-refractivity contribution >= 4 is 5.69 Å². The SMILES string of the molecule is CCCOc1ccc(Oc2ccccc2N)cc1. The van der Waals surface area contributed by atoms with E-state index in [1.54, 1.807) is 0 Å². The number of benzene rings is 2. The summed E-state index contributed by atoms with van der Waals surface area (Å²) in [5, 5.41) is 0. The van der Waals surface area contributed by atoms with Crippen LogP contribution in [-0.2, 0) is 0 Å². The Morgan fingerprint density at radius 3 is 2.28 bits per heavy atom. The number of ether oxygens (including phenoxy) is 2. The van der Waals surface area contributed by atoms with Crippen molar-refractivity contribution in [2.24, 2.45) is 0 Å². The highest BCUT2D eigenvalue weighted by molar-refractivity contribution is 5.53. The van der Waals surface area contributed by atoms with E-state index in [0.717, 1.165) is 24.5 Å². The smallest absolute Gasteiger partial charge is 0.150 e. The second-order valence-electron chi connectivity index (χ2n) is 3.96. The van der Waals surface area contributed by atoms with E-state index in [1.807, 2.05) is 48.5 Å². The summed E-state index contributed by atoms with van der Waals surface area (Å²) in [6.07, 6.45) is 0.999.